The molecular weight excluding hydrogens is 392 g/mol. The van der Waals surface area contributed by atoms with E-state index in [1.165, 1.54) is 0 Å². The van der Waals surface area contributed by atoms with Crippen LogP contribution in [0, 0.1) is 0 Å². The predicted molar refractivity (Wildman–Crippen MR) is 120 cm³/mol. The number of benzene rings is 2. The van der Waals surface area contributed by atoms with Gasteiger partial charge in [0.1, 0.15) is 17.5 Å². The maximum atomic E-state index is 13.2. The van der Waals surface area contributed by atoms with Crippen LogP contribution >= 0.6 is 0 Å². The number of hydrogen-bond acceptors (Lipinski definition) is 4. The zero-order chi connectivity index (χ0) is 22.1. The van der Waals surface area contributed by atoms with Crippen molar-refractivity contribution in [3.8, 4) is 11.5 Å². The Balaban J connectivity index is 1.74. The second-order valence-corrected chi connectivity index (χ2v) is 7.89. The first-order valence-corrected chi connectivity index (χ1v) is 11.0. The third kappa shape index (κ3) is 6.48. The van der Waals surface area contributed by atoms with E-state index >= 15 is 0 Å². The summed E-state index contributed by atoms with van der Waals surface area (Å²) in [5.74, 6) is 1.08. The van der Waals surface area contributed by atoms with Gasteiger partial charge in [-0.15, -0.1) is 0 Å². The molecule has 1 unspecified atom stereocenters. The Labute approximate surface area is 184 Å². The Morgan fingerprint density at radius 2 is 1.71 bits per heavy atom. The highest BCUT2D eigenvalue weighted by Crippen LogP contribution is 2.20. The lowest BCUT2D eigenvalue weighted by Gasteiger charge is -2.31. The second kappa shape index (κ2) is 11.4. The molecule has 3 rings (SSSR count). The van der Waals surface area contributed by atoms with Crippen molar-refractivity contribution in [2.24, 2.45) is 0 Å². The Bertz CT molecular complexity index is 832. The van der Waals surface area contributed by atoms with Crippen LogP contribution < -0.4 is 14.8 Å². The summed E-state index contributed by atoms with van der Waals surface area (Å²) in [6, 6.07) is 16.4. The smallest absolute Gasteiger partial charge is 0.261 e. The SMILES string of the molecule is CCC(C(=O)NC1CCCC1)N(Cc1ccc(OC)cc1)C(=O)COc1ccccc1. The zero-order valence-electron chi connectivity index (χ0n) is 18.4. The molecule has 1 aliphatic carbocycles. The van der Waals surface area contributed by atoms with Gasteiger partial charge in [0.2, 0.25) is 5.91 Å². The van der Waals surface area contributed by atoms with Crippen molar-refractivity contribution in [2.75, 3.05) is 13.7 Å². The molecule has 0 radical (unpaired) electrons. The van der Waals surface area contributed by atoms with E-state index in [2.05, 4.69) is 5.32 Å². The summed E-state index contributed by atoms with van der Waals surface area (Å²) in [6.45, 7) is 2.15. The lowest BCUT2D eigenvalue weighted by molar-refractivity contribution is -0.143. The molecule has 31 heavy (non-hydrogen) atoms. The van der Waals surface area contributed by atoms with Crippen molar-refractivity contribution in [1.82, 2.24) is 10.2 Å². The number of carbonyl (C=O) groups is 2. The molecule has 2 aromatic carbocycles. The average molecular weight is 425 g/mol. The minimum absolute atomic E-state index is 0.0871. The molecule has 0 aliphatic heterocycles. The quantitative estimate of drug-likeness (QED) is 0.627. The number of amides is 2. The first kappa shape index (κ1) is 22.7. The molecule has 6 nitrogen and oxygen atoms in total. The van der Waals surface area contributed by atoms with Gasteiger partial charge in [0, 0.05) is 12.6 Å². The number of para-hydroxylation sites is 1. The second-order valence-electron chi connectivity index (χ2n) is 7.89. The van der Waals surface area contributed by atoms with Gasteiger partial charge in [-0.05, 0) is 49.1 Å². The molecule has 166 valence electrons. The van der Waals surface area contributed by atoms with E-state index < -0.39 is 6.04 Å². The maximum Gasteiger partial charge on any atom is 0.261 e. The monoisotopic (exact) mass is 424 g/mol. The number of nitrogens with one attached hydrogen (secondary N) is 1. The van der Waals surface area contributed by atoms with Gasteiger partial charge in [0.05, 0.1) is 7.11 Å². The highest BCUT2D eigenvalue weighted by atomic mass is 16.5. The summed E-state index contributed by atoms with van der Waals surface area (Å²) in [4.78, 5) is 27.9. The van der Waals surface area contributed by atoms with E-state index in [0.717, 1.165) is 37.0 Å². The molecular formula is C25H32N2O4. The van der Waals surface area contributed by atoms with E-state index in [-0.39, 0.29) is 24.5 Å². The third-order valence-corrected chi connectivity index (χ3v) is 5.70. The van der Waals surface area contributed by atoms with E-state index in [1.807, 2.05) is 61.5 Å². The predicted octanol–water partition coefficient (Wildman–Crippen LogP) is 3.94. The largest absolute Gasteiger partial charge is 0.497 e. The fraction of sp³-hybridized carbons (Fsp3) is 0.440. The standard InChI is InChI=1S/C25H32N2O4/c1-3-23(25(29)26-20-9-7-8-10-20)27(17-19-13-15-21(30-2)16-14-19)24(28)18-31-22-11-5-4-6-12-22/h4-6,11-16,20,23H,3,7-10,17-18H2,1-2H3,(H,26,29). The van der Waals surface area contributed by atoms with E-state index in [9.17, 15) is 9.59 Å². The number of hydrogen-bond donors (Lipinski definition) is 1. The van der Waals surface area contributed by atoms with Gasteiger partial charge < -0.3 is 19.7 Å². The van der Waals surface area contributed by atoms with Crippen molar-refractivity contribution in [2.45, 2.75) is 57.7 Å². The Morgan fingerprint density at radius 3 is 2.32 bits per heavy atom. The fourth-order valence-corrected chi connectivity index (χ4v) is 3.96. The van der Waals surface area contributed by atoms with E-state index in [1.54, 1.807) is 12.0 Å². The molecule has 0 bridgehead atoms. The van der Waals surface area contributed by atoms with Crippen molar-refractivity contribution in [3.05, 3.63) is 60.2 Å². The van der Waals surface area contributed by atoms with Crippen LogP contribution in [0.5, 0.6) is 11.5 Å². The van der Waals surface area contributed by atoms with Crippen LogP contribution in [0.25, 0.3) is 0 Å². The van der Waals surface area contributed by atoms with E-state index in [0.29, 0.717) is 18.7 Å². The molecule has 6 heteroatoms. The molecule has 1 N–H and O–H groups in total. The highest BCUT2D eigenvalue weighted by Gasteiger charge is 2.30. The van der Waals surface area contributed by atoms with Crippen LogP contribution in [-0.4, -0.2) is 42.5 Å². The van der Waals surface area contributed by atoms with Gasteiger partial charge in [-0.25, -0.2) is 0 Å². The highest BCUT2D eigenvalue weighted by molar-refractivity contribution is 5.88. The molecule has 0 spiro atoms. The van der Waals surface area contributed by atoms with Crippen LogP contribution in [0.3, 0.4) is 0 Å². The molecule has 0 saturated heterocycles. The lowest BCUT2D eigenvalue weighted by atomic mass is 10.1. The molecule has 1 atom stereocenters. The maximum absolute atomic E-state index is 13.2. The Morgan fingerprint density at radius 1 is 1.03 bits per heavy atom. The van der Waals surface area contributed by atoms with Crippen molar-refractivity contribution < 1.29 is 19.1 Å². The summed E-state index contributed by atoms with van der Waals surface area (Å²) in [7, 11) is 1.62. The molecule has 2 amide bonds. The van der Waals surface area contributed by atoms with Gasteiger partial charge in [-0.2, -0.15) is 0 Å². The average Bonchev–Trinajstić information content (AvgIpc) is 3.31. The van der Waals surface area contributed by atoms with Gasteiger partial charge >= 0.3 is 0 Å². The minimum atomic E-state index is -0.547. The van der Waals surface area contributed by atoms with Crippen molar-refractivity contribution in [1.29, 1.82) is 0 Å². The van der Waals surface area contributed by atoms with Gasteiger partial charge in [0.15, 0.2) is 6.61 Å². The first-order valence-electron chi connectivity index (χ1n) is 11.0. The number of methoxy groups -OCH3 is 1. The van der Waals surface area contributed by atoms with Gasteiger partial charge in [-0.1, -0.05) is 50.1 Å². The van der Waals surface area contributed by atoms with Crippen LogP contribution in [0.1, 0.15) is 44.6 Å². The topological polar surface area (TPSA) is 67.9 Å². The number of nitrogens with zero attached hydrogens (tertiary/aromatic N) is 1. The number of rotatable bonds is 10. The summed E-state index contributed by atoms with van der Waals surface area (Å²) >= 11 is 0. The normalized spacial score (nSPS) is 14.6. The molecule has 2 aromatic rings. The lowest BCUT2D eigenvalue weighted by Crippen LogP contribution is -2.52. The summed E-state index contributed by atoms with van der Waals surface area (Å²) in [5.41, 5.74) is 0.931. The molecule has 1 aliphatic rings. The van der Waals surface area contributed by atoms with Gasteiger partial charge in [0.25, 0.3) is 5.91 Å². The first-order chi connectivity index (χ1) is 15.1. The van der Waals surface area contributed by atoms with Gasteiger partial charge in [-0.3, -0.25) is 9.59 Å². The minimum Gasteiger partial charge on any atom is -0.497 e. The van der Waals surface area contributed by atoms with Crippen molar-refractivity contribution in [3.63, 3.8) is 0 Å². The fourth-order valence-electron chi connectivity index (χ4n) is 3.96. The summed E-state index contributed by atoms with van der Waals surface area (Å²) < 4.78 is 10.9. The van der Waals surface area contributed by atoms with Crippen LogP contribution in [-0.2, 0) is 16.1 Å². The molecule has 0 heterocycles. The zero-order valence-corrected chi connectivity index (χ0v) is 18.4. The number of carbonyl (C=O) groups excluding carboxylic acids is 2. The Hall–Kier alpha value is -3.02. The number of ether oxygens (including phenoxy) is 2. The van der Waals surface area contributed by atoms with Crippen LogP contribution in [0.2, 0.25) is 0 Å². The van der Waals surface area contributed by atoms with Crippen molar-refractivity contribution >= 4 is 11.8 Å². The summed E-state index contributed by atoms with van der Waals surface area (Å²) in [5, 5.41) is 3.15. The van der Waals surface area contributed by atoms with E-state index in [4.69, 9.17) is 9.47 Å². The summed E-state index contributed by atoms with van der Waals surface area (Å²) in [6.07, 6.45) is 4.82. The molecule has 1 saturated carbocycles. The van der Waals surface area contributed by atoms with Crippen LogP contribution in [0.15, 0.2) is 54.6 Å². The molecule has 0 aromatic heterocycles. The Kier molecular flexibility index (Phi) is 8.33. The third-order valence-electron chi connectivity index (χ3n) is 5.70. The molecule has 1 fully saturated rings. The van der Waals surface area contributed by atoms with Crippen LogP contribution in [0.4, 0.5) is 0 Å².